The summed E-state index contributed by atoms with van der Waals surface area (Å²) in [5.41, 5.74) is 2.13. The van der Waals surface area contributed by atoms with Crippen LogP contribution in [0.1, 0.15) is 50.5 Å². The molecule has 0 bridgehead atoms. The Kier molecular flexibility index (Phi) is 3.55. The smallest absolute Gasteiger partial charge is 0.0143 e. The minimum Gasteiger partial charge on any atom is -0.313 e. The molecule has 0 aromatic heterocycles. The van der Waals surface area contributed by atoms with Gasteiger partial charge in [0.05, 0.1) is 0 Å². The van der Waals surface area contributed by atoms with Gasteiger partial charge in [0.15, 0.2) is 0 Å². The molecule has 0 amide bonds. The zero-order valence-electron chi connectivity index (χ0n) is 13.2. The summed E-state index contributed by atoms with van der Waals surface area (Å²) in [7, 11) is 0. The predicted octanol–water partition coefficient (Wildman–Crippen LogP) is 3.40. The minimum atomic E-state index is 0.614. The fourth-order valence-electron chi connectivity index (χ4n) is 4.06. The first-order chi connectivity index (χ1) is 10.3. The molecule has 2 saturated carbocycles. The molecule has 3 atom stereocenters. The Morgan fingerprint density at radius 3 is 2.71 bits per heavy atom. The van der Waals surface area contributed by atoms with Gasteiger partial charge in [0.25, 0.3) is 0 Å². The summed E-state index contributed by atoms with van der Waals surface area (Å²) < 4.78 is 0. The predicted molar refractivity (Wildman–Crippen MR) is 87.5 cm³/mol. The van der Waals surface area contributed by atoms with Gasteiger partial charge < -0.3 is 10.2 Å². The van der Waals surface area contributed by atoms with E-state index in [1.54, 1.807) is 0 Å². The molecule has 1 heterocycles. The summed E-state index contributed by atoms with van der Waals surface area (Å²) in [4.78, 5) is 2.73. The lowest BCUT2D eigenvalue weighted by atomic mass is 10.1. The molecule has 1 N–H and O–H groups in total. The summed E-state index contributed by atoms with van der Waals surface area (Å²) in [6.07, 6.45) is 7.02. The average Bonchev–Trinajstić information content (AvgIpc) is 3.40. The van der Waals surface area contributed by atoms with Crippen molar-refractivity contribution in [3.05, 3.63) is 35.9 Å². The molecule has 1 aromatic carbocycles. The highest BCUT2D eigenvalue weighted by molar-refractivity contribution is 5.27. The molecule has 2 aliphatic carbocycles. The third kappa shape index (κ3) is 3.02. The molecule has 1 saturated heterocycles. The third-order valence-corrected chi connectivity index (χ3v) is 5.94. The fraction of sp³-hybridized carbons (Fsp3) is 0.684. The molecular formula is C19H28N2. The number of benzene rings is 1. The van der Waals surface area contributed by atoms with Crippen molar-refractivity contribution in [1.29, 1.82) is 0 Å². The van der Waals surface area contributed by atoms with E-state index >= 15 is 0 Å². The van der Waals surface area contributed by atoms with Gasteiger partial charge in [0.1, 0.15) is 0 Å². The van der Waals surface area contributed by atoms with Gasteiger partial charge in [-0.25, -0.2) is 0 Å². The van der Waals surface area contributed by atoms with Gasteiger partial charge in [-0.05, 0) is 56.6 Å². The molecular weight excluding hydrogens is 256 g/mol. The highest BCUT2D eigenvalue weighted by atomic mass is 15.2. The van der Waals surface area contributed by atoms with Crippen LogP contribution in [0, 0.1) is 5.41 Å². The van der Waals surface area contributed by atoms with Crippen LogP contribution in [0.2, 0.25) is 0 Å². The van der Waals surface area contributed by atoms with Crippen molar-refractivity contribution < 1.29 is 0 Å². The van der Waals surface area contributed by atoms with Crippen LogP contribution in [0.25, 0.3) is 0 Å². The van der Waals surface area contributed by atoms with Crippen molar-refractivity contribution in [2.75, 3.05) is 19.6 Å². The number of nitrogens with zero attached hydrogens (tertiary/aromatic N) is 1. The monoisotopic (exact) mass is 284 g/mol. The average molecular weight is 284 g/mol. The summed E-state index contributed by atoms with van der Waals surface area (Å²) in [6, 6.07) is 12.6. The highest BCUT2D eigenvalue weighted by Gasteiger charge is 2.47. The molecule has 0 spiro atoms. The number of hydrogen-bond donors (Lipinski definition) is 1. The van der Waals surface area contributed by atoms with Crippen LogP contribution in [0.4, 0.5) is 0 Å². The molecule has 3 aliphatic rings. The van der Waals surface area contributed by atoms with E-state index in [-0.39, 0.29) is 0 Å². The van der Waals surface area contributed by atoms with Gasteiger partial charge in [0, 0.05) is 31.1 Å². The first-order valence-electron chi connectivity index (χ1n) is 8.78. The van der Waals surface area contributed by atoms with Gasteiger partial charge in [-0.15, -0.1) is 0 Å². The molecule has 2 heteroatoms. The van der Waals surface area contributed by atoms with Gasteiger partial charge in [-0.1, -0.05) is 30.3 Å². The number of rotatable bonds is 6. The van der Waals surface area contributed by atoms with E-state index in [9.17, 15) is 0 Å². The van der Waals surface area contributed by atoms with E-state index in [2.05, 4.69) is 47.5 Å². The summed E-state index contributed by atoms with van der Waals surface area (Å²) >= 11 is 0. The van der Waals surface area contributed by atoms with Crippen molar-refractivity contribution in [3.63, 3.8) is 0 Å². The standard InChI is InChI=1S/C19H28N2/c1-15-6-5-11-21(15)14-19(9-10-19)13-20-18-12-17(18)16-7-3-2-4-8-16/h2-4,7-8,15,17-18,20H,5-6,9-14H2,1H3/t15-,17?,18+/m1/s1. The van der Waals surface area contributed by atoms with Crippen LogP contribution in [-0.4, -0.2) is 36.6 Å². The largest absolute Gasteiger partial charge is 0.313 e. The molecule has 114 valence electrons. The normalized spacial score (nSPS) is 34.0. The highest BCUT2D eigenvalue weighted by Crippen LogP contribution is 2.48. The van der Waals surface area contributed by atoms with E-state index in [0.29, 0.717) is 5.41 Å². The maximum absolute atomic E-state index is 3.87. The summed E-state index contributed by atoms with van der Waals surface area (Å²) in [6.45, 7) is 6.32. The molecule has 0 radical (unpaired) electrons. The third-order valence-electron chi connectivity index (χ3n) is 5.94. The van der Waals surface area contributed by atoms with Crippen LogP contribution in [0.5, 0.6) is 0 Å². The Morgan fingerprint density at radius 2 is 2.05 bits per heavy atom. The zero-order chi connectivity index (χ0) is 14.3. The van der Waals surface area contributed by atoms with E-state index in [1.807, 2.05) is 0 Å². The first kappa shape index (κ1) is 13.8. The SMILES string of the molecule is C[C@@H]1CCCN1CC1(CN[C@H]2CC2c2ccccc2)CC1. The van der Waals surface area contributed by atoms with Crippen molar-refractivity contribution in [1.82, 2.24) is 10.2 Å². The Balaban J connectivity index is 1.26. The number of hydrogen-bond acceptors (Lipinski definition) is 2. The topological polar surface area (TPSA) is 15.3 Å². The van der Waals surface area contributed by atoms with E-state index in [0.717, 1.165) is 18.0 Å². The molecule has 21 heavy (non-hydrogen) atoms. The maximum atomic E-state index is 3.87. The van der Waals surface area contributed by atoms with Crippen molar-refractivity contribution in [2.45, 2.75) is 57.0 Å². The van der Waals surface area contributed by atoms with Crippen LogP contribution >= 0.6 is 0 Å². The Labute approximate surface area is 128 Å². The Hall–Kier alpha value is -0.860. The summed E-state index contributed by atoms with van der Waals surface area (Å²) in [5.74, 6) is 0.771. The molecule has 3 fully saturated rings. The second-order valence-electron chi connectivity index (χ2n) is 7.70. The van der Waals surface area contributed by atoms with E-state index < -0.39 is 0 Å². The lowest BCUT2D eigenvalue weighted by Gasteiger charge is -2.27. The van der Waals surface area contributed by atoms with Crippen LogP contribution < -0.4 is 5.32 Å². The second kappa shape index (κ2) is 5.40. The van der Waals surface area contributed by atoms with Crippen LogP contribution in [0.3, 0.4) is 0 Å². The van der Waals surface area contributed by atoms with Gasteiger partial charge in [-0.2, -0.15) is 0 Å². The van der Waals surface area contributed by atoms with Crippen LogP contribution in [0.15, 0.2) is 30.3 Å². The Morgan fingerprint density at radius 1 is 1.24 bits per heavy atom. The molecule has 1 aliphatic heterocycles. The van der Waals surface area contributed by atoms with Crippen molar-refractivity contribution >= 4 is 0 Å². The Bertz CT molecular complexity index is 480. The van der Waals surface area contributed by atoms with E-state index in [4.69, 9.17) is 0 Å². The van der Waals surface area contributed by atoms with E-state index in [1.165, 1.54) is 57.3 Å². The van der Waals surface area contributed by atoms with Crippen molar-refractivity contribution in [3.8, 4) is 0 Å². The first-order valence-corrected chi connectivity index (χ1v) is 8.78. The molecule has 4 rings (SSSR count). The molecule has 2 nitrogen and oxygen atoms in total. The lowest BCUT2D eigenvalue weighted by molar-refractivity contribution is 0.210. The van der Waals surface area contributed by atoms with Crippen LogP contribution in [-0.2, 0) is 0 Å². The van der Waals surface area contributed by atoms with Gasteiger partial charge >= 0.3 is 0 Å². The molecule has 1 aromatic rings. The number of nitrogens with one attached hydrogen (secondary N) is 1. The van der Waals surface area contributed by atoms with Gasteiger partial charge in [0.2, 0.25) is 0 Å². The second-order valence-corrected chi connectivity index (χ2v) is 7.70. The quantitative estimate of drug-likeness (QED) is 0.861. The van der Waals surface area contributed by atoms with Crippen molar-refractivity contribution in [2.24, 2.45) is 5.41 Å². The lowest BCUT2D eigenvalue weighted by Crippen LogP contribution is -2.38. The zero-order valence-corrected chi connectivity index (χ0v) is 13.2. The summed E-state index contributed by atoms with van der Waals surface area (Å²) in [5, 5.41) is 3.87. The molecule has 1 unspecified atom stereocenters. The maximum Gasteiger partial charge on any atom is 0.0143 e. The minimum absolute atomic E-state index is 0.614. The number of likely N-dealkylation sites (tertiary alicyclic amines) is 1. The van der Waals surface area contributed by atoms with Gasteiger partial charge in [-0.3, -0.25) is 0 Å². The fourth-order valence-corrected chi connectivity index (χ4v) is 4.06.